The zero-order chi connectivity index (χ0) is 12.5. The van der Waals surface area contributed by atoms with Crippen LogP contribution < -0.4 is 0 Å². The number of furan rings is 1. The maximum atomic E-state index is 13.1. The molecule has 0 unspecified atom stereocenters. The molecule has 0 N–H and O–H groups in total. The molecule has 1 heterocycles. The molecule has 2 aromatic carbocycles. The van der Waals surface area contributed by atoms with Gasteiger partial charge in [0.1, 0.15) is 23.4 Å². The lowest BCUT2D eigenvalue weighted by Gasteiger charge is -1.96. The Morgan fingerprint density at radius 3 is 2.78 bits per heavy atom. The van der Waals surface area contributed by atoms with Crippen LogP contribution >= 0.6 is 0 Å². The van der Waals surface area contributed by atoms with Crippen LogP contribution in [0.1, 0.15) is 10.4 Å². The number of hydrogen-bond donors (Lipinski definition) is 0. The van der Waals surface area contributed by atoms with E-state index in [0.717, 1.165) is 11.8 Å². The molecule has 0 saturated heterocycles. The van der Waals surface area contributed by atoms with Gasteiger partial charge in [-0.15, -0.1) is 0 Å². The molecular weight excluding hydrogens is 231 g/mol. The Bertz CT molecular complexity index is 728. The summed E-state index contributed by atoms with van der Waals surface area (Å²) in [4.78, 5) is 10.7. The smallest absolute Gasteiger partial charge is 0.150 e. The van der Waals surface area contributed by atoms with Crippen molar-refractivity contribution in [2.75, 3.05) is 0 Å². The SMILES string of the molecule is O=Cc1cccc(-c2cc3cc(F)ccc3o2)c1. The Balaban J connectivity index is 2.15. The van der Waals surface area contributed by atoms with E-state index in [4.69, 9.17) is 4.42 Å². The van der Waals surface area contributed by atoms with Crippen LogP contribution in [0, 0.1) is 5.82 Å². The standard InChI is InChI=1S/C15H9FO2/c16-13-4-5-14-12(7-13)8-15(18-14)11-3-1-2-10(6-11)9-17/h1-9H. The van der Waals surface area contributed by atoms with Gasteiger partial charge >= 0.3 is 0 Å². The molecule has 0 spiro atoms. The van der Waals surface area contributed by atoms with Crippen molar-refractivity contribution in [3.05, 3.63) is 59.9 Å². The highest BCUT2D eigenvalue weighted by atomic mass is 19.1. The first kappa shape index (κ1) is 10.7. The summed E-state index contributed by atoms with van der Waals surface area (Å²) < 4.78 is 18.7. The summed E-state index contributed by atoms with van der Waals surface area (Å²) in [6, 6.07) is 13.2. The molecule has 0 aliphatic heterocycles. The third-order valence-electron chi connectivity index (χ3n) is 2.79. The zero-order valence-corrected chi connectivity index (χ0v) is 9.39. The fraction of sp³-hybridized carbons (Fsp3) is 0. The summed E-state index contributed by atoms with van der Waals surface area (Å²) in [5, 5.41) is 0.710. The summed E-state index contributed by atoms with van der Waals surface area (Å²) in [6.45, 7) is 0. The molecule has 0 fully saturated rings. The molecule has 18 heavy (non-hydrogen) atoms. The minimum absolute atomic E-state index is 0.295. The second kappa shape index (κ2) is 4.11. The van der Waals surface area contributed by atoms with Crippen molar-refractivity contribution in [2.24, 2.45) is 0 Å². The van der Waals surface area contributed by atoms with E-state index in [1.54, 1.807) is 30.3 Å². The first-order chi connectivity index (χ1) is 8.76. The Kier molecular flexibility index (Phi) is 2.45. The fourth-order valence-electron chi connectivity index (χ4n) is 1.92. The average molecular weight is 240 g/mol. The molecule has 0 aliphatic carbocycles. The van der Waals surface area contributed by atoms with Gasteiger partial charge in [-0.1, -0.05) is 18.2 Å². The van der Waals surface area contributed by atoms with E-state index in [-0.39, 0.29) is 5.82 Å². The van der Waals surface area contributed by atoms with Gasteiger partial charge in [-0.2, -0.15) is 0 Å². The highest BCUT2D eigenvalue weighted by Crippen LogP contribution is 2.28. The number of carbonyl (C=O) groups excluding carboxylic acids is 1. The molecule has 2 nitrogen and oxygen atoms in total. The average Bonchev–Trinajstić information content (AvgIpc) is 2.81. The number of fused-ring (bicyclic) bond motifs is 1. The molecule has 0 saturated carbocycles. The van der Waals surface area contributed by atoms with Crippen LogP contribution in [-0.2, 0) is 0 Å². The van der Waals surface area contributed by atoms with E-state index in [1.807, 2.05) is 6.07 Å². The maximum absolute atomic E-state index is 13.1. The normalized spacial score (nSPS) is 10.7. The second-order valence-electron chi connectivity index (χ2n) is 4.04. The van der Waals surface area contributed by atoms with Crippen molar-refractivity contribution in [2.45, 2.75) is 0 Å². The van der Waals surface area contributed by atoms with Crippen LogP contribution in [0.5, 0.6) is 0 Å². The van der Waals surface area contributed by atoms with Crippen molar-refractivity contribution < 1.29 is 13.6 Å². The first-order valence-corrected chi connectivity index (χ1v) is 5.51. The first-order valence-electron chi connectivity index (χ1n) is 5.51. The van der Waals surface area contributed by atoms with Crippen molar-refractivity contribution in [1.29, 1.82) is 0 Å². The van der Waals surface area contributed by atoms with Crippen molar-refractivity contribution >= 4 is 17.3 Å². The molecule has 0 atom stereocenters. The van der Waals surface area contributed by atoms with Crippen molar-refractivity contribution in [3.63, 3.8) is 0 Å². The van der Waals surface area contributed by atoms with E-state index in [0.29, 0.717) is 22.3 Å². The van der Waals surface area contributed by atoms with Crippen LogP contribution in [0.15, 0.2) is 52.9 Å². The van der Waals surface area contributed by atoms with Crippen LogP contribution in [0.3, 0.4) is 0 Å². The van der Waals surface area contributed by atoms with Crippen molar-refractivity contribution in [3.8, 4) is 11.3 Å². The molecule has 0 radical (unpaired) electrons. The zero-order valence-electron chi connectivity index (χ0n) is 9.39. The monoisotopic (exact) mass is 240 g/mol. The number of hydrogen-bond acceptors (Lipinski definition) is 2. The maximum Gasteiger partial charge on any atom is 0.150 e. The number of aldehydes is 1. The van der Waals surface area contributed by atoms with Gasteiger partial charge in [0, 0.05) is 16.5 Å². The van der Waals surface area contributed by atoms with Gasteiger partial charge in [0.15, 0.2) is 0 Å². The lowest BCUT2D eigenvalue weighted by Crippen LogP contribution is -1.80. The third kappa shape index (κ3) is 1.80. The summed E-state index contributed by atoms with van der Waals surface area (Å²) in [5.41, 5.74) is 2.01. The molecule has 3 rings (SSSR count). The molecule has 0 aliphatic rings. The summed E-state index contributed by atoms with van der Waals surface area (Å²) >= 11 is 0. The van der Waals surface area contributed by atoms with E-state index in [2.05, 4.69) is 0 Å². The van der Waals surface area contributed by atoms with Crippen LogP contribution in [-0.4, -0.2) is 6.29 Å². The third-order valence-corrected chi connectivity index (χ3v) is 2.79. The number of rotatable bonds is 2. The van der Waals surface area contributed by atoms with Gasteiger partial charge in [0.05, 0.1) is 0 Å². The lowest BCUT2D eigenvalue weighted by atomic mass is 10.1. The predicted octanol–water partition coefficient (Wildman–Crippen LogP) is 4.05. The quantitative estimate of drug-likeness (QED) is 0.632. The largest absolute Gasteiger partial charge is 0.456 e. The lowest BCUT2D eigenvalue weighted by molar-refractivity contribution is 0.112. The van der Waals surface area contributed by atoms with Gasteiger partial charge in [-0.3, -0.25) is 4.79 Å². The highest BCUT2D eigenvalue weighted by molar-refractivity contribution is 5.84. The number of benzene rings is 2. The molecule has 1 aromatic heterocycles. The van der Waals surface area contributed by atoms with Gasteiger partial charge in [0.2, 0.25) is 0 Å². The molecule has 3 heteroatoms. The predicted molar refractivity (Wildman–Crippen MR) is 67.0 cm³/mol. The molecule has 3 aromatic rings. The van der Waals surface area contributed by atoms with E-state index in [1.165, 1.54) is 12.1 Å². The molecule has 0 amide bonds. The van der Waals surface area contributed by atoms with E-state index >= 15 is 0 Å². The van der Waals surface area contributed by atoms with Gasteiger partial charge in [-0.25, -0.2) is 4.39 Å². The van der Waals surface area contributed by atoms with Crippen LogP contribution in [0.2, 0.25) is 0 Å². The molecular formula is C15H9FO2. The van der Waals surface area contributed by atoms with E-state index in [9.17, 15) is 9.18 Å². The van der Waals surface area contributed by atoms with Gasteiger partial charge in [-0.05, 0) is 30.3 Å². The fourth-order valence-corrected chi connectivity index (χ4v) is 1.92. The van der Waals surface area contributed by atoms with Crippen molar-refractivity contribution in [1.82, 2.24) is 0 Å². The minimum Gasteiger partial charge on any atom is -0.456 e. The number of halogens is 1. The Morgan fingerprint density at radius 1 is 1.06 bits per heavy atom. The Hall–Kier alpha value is -2.42. The summed E-state index contributed by atoms with van der Waals surface area (Å²) in [5.74, 6) is 0.329. The summed E-state index contributed by atoms with van der Waals surface area (Å²) in [7, 11) is 0. The van der Waals surface area contributed by atoms with Crippen LogP contribution in [0.4, 0.5) is 4.39 Å². The van der Waals surface area contributed by atoms with Gasteiger partial charge in [0.25, 0.3) is 0 Å². The topological polar surface area (TPSA) is 30.2 Å². The molecule has 88 valence electrons. The summed E-state index contributed by atoms with van der Waals surface area (Å²) in [6.07, 6.45) is 0.784. The van der Waals surface area contributed by atoms with E-state index < -0.39 is 0 Å². The van der Waals surface area contributed by atoms with Crippen LogP contribution in [0.25, 0.3) is 22.3 Å². The minimum atomic E-state index is -0.295. The molecule has 0 bridgehead atoms. The Labute approximate surface area is 103 Å². The highest BCUT2D eigenvalue weighted by Gasteiger charge is 2.07. The second-order valence-corrected chi connectivity index (χ2v) is 4.04. The Morgan fingerprint density at radius 2 is 1.94 bits per heavy atom. The van der Waals surface area contributed by atoms with Gasteiger partial charge < -0.3 is 4.42 Å². The number of carbonyl (C=O) groups is 1.